The zero-order chi connectivity index (χ0) is 14.9. The fourth-order valence-corrected chi connectivity index (χ4v) is 1.95. The second-order valence-corrected chi connectivity index (χ2v) is 5.03. The molecule has 0 spiro atoms. The summed E-state index contributed by atoms with van der Waals surface area (Å²) in [6, 6.07) is 5.63. The first kappa shape index (κ1) is 14.8. The summed E-state index contributed by atoms with van der Waals surface area (Å²) in [4.78, 5) is 14.1. The number of aryl methyl sites for hydroxylation is 1. The molecule has 0 atom stereocenters. The van der Waals surface area contributed by atoms with Gasteiger partial charge < -0.3 is 4.74 Å². The maximum atomic E-state index is 10.8. The van der Waals surface area contributed by atoms with Gasteiger partial charge in [0.05, 0.1) is 16.0 Å². The van der Waals surface area contributed by atoms with Crippen molar-refractivity contribution >= 4 is 40.5 Å². The lowest BCUT2D eigenvalue weighted by Gasteiger charge is -2.09. The highest BCUT2D eigenvalue weighted by atomic mass is 35.5. The second-order valence-electron chi connectivity index (χ2n) is 3.86. The van der Waals surface area contributed by atoms with Crippen molar-refractivity contribution in [2.75, 3.05) is 0 Å². The Labute approximate surface area is 129 Å². The highest BCUT2D eigenvalue weighted by Crippen LogP contribution is 2.35. The van der Waals surface area contributed by atoms with Gasteiger partial charge in [-0.3, -0.25) is 10.1 Å². The van der Waals surface area contributed by atoms with Gasteiger partial charge in [-0.2, -0.15) is 4.98 Å². The number of nitro groups is 1. The summed E-state index contributed by atoms with van der Waals surface area (Å²) in [6.07, 6.45) is 0. The van der Waals surface area contributed by atoms with E-state index in [1.165, 1.54) is 18.2 Å². The smallest absolute Gasteiger partial charge is 0.273 e. The molecular weight excluding hydrogens is 327 g/mol. The summed E-state index contributed by atoms with van der Waals surface area (Å²) in [5.41, 5.74) is 0.598. The van der Waals surface area contributed by atoms with E-state index in [0.29, 0.717) is 5.56 Å². The van der Waals surface area contributed by atoms with Crippen LogP contribution in [0.2, 0.25) is 15.2 Å². The topological polar surface area (TPSA) is 65.3 Å². The molecule has 1 heterocycles. The highest BCUT2D eigenvalue weighted by Gasteiger charge is 2.14. The van der Waals surface area contributed by atoms with E-state index in [-0.39, 0.29) is 32.5 Å². The standard InChI is InChI=1S/C12H7Cl3N2O3/c1-6-2-3-7(17(18)19)4-10(6)20-12-9(14)5-8(13)11(15)16-12/h2-5H,1H3. The molecule has 0 unspecified atom stereocenters. The summed E-state index contributed by atoms with van der Waals surface area (Å²) in [7, 11) is 0. The number of benzene rings is 1. The molecule has 2 rings (SSSR count). The number of rotatable bonds is 3. The summed E-state index contributed by atoms with van der Waals surface area (Å²) in [5.74, 6) is 0.302. The number of non-ortho nitro benzene ring substituents is 1. The molecule has 8 heteroatoms. The molecule has 0 saturated carbocycles. The molecule has 0 aliphatic carbocycles. The van der Waals surface area contributed by atoms with Crippen LogP contribution in [0.4, 0.5) is 5.69 Å². The number of hydrogen-bond acceptors (Lipinski definition) is 4. The Hall–Kier alpha value is -1.56. The SMILES string of the molecule is Cc1ccc([N+](=O)[O-])cc1Oc1nc(Cl)c(Cl)cc1Cl. The number of nitrogens with zero attached hydrogens (tertiary/aromatic N) is 2. The van der Waals surface area contributed by atoms with Gasteiger partial charge in [0.15, 0.2) is 5.15 Å². The Bertz CT molecular complexity index is 692. The maximum Gasteiger partial charge on any atom is 0.273 e. The lowest BCUT2D eigenvalue weighted by molar-refractivity contribution is -0.384. The van der Waals surface area contributed by atoms with E-state index in [1.807, 2.05) is 0 Å². The van der Waals surface area contributed by atoms with Crippen molar-refractivity contribution in [3.8, 4) is 11.6 Å². The molecule has 1 aromatic carbocycles. The Kier molecular flexibility index (Phi) is 4.32. The van der Waals surface area contributed by atoms with Crippen LogP contribution in [0.1, 0.15) is 5.56 Å². The van der Waals surface area contributed by atoms with Gasteiger partial charge >= 0.3 is 0 Å². The number of ether oxygens (including phenoxy) is 1. The second kappa shape index (κ2) is 5.83. The molecule has 1 aromatic heterocycles. The predicted octanol–water partition coefficient (Wildman–Crippen LogP) is 5.05. The molecule has 0 bridgehead atoms. The van der Waals surface area contributed by atoms with Crippen LogP contribution in [0, 0.1) is 17.0 Å². The predicted molar refractivity (Wildman–Crippen MR) is 77.2 cm³/mol. The third-order valence-electron chi connectivity index (χ3n) is 2.44. The van der Waals surface area contributed by atoms with Crippen molar-refractivity contribution in [3.63, 3.8) is 0 Å². The Morgan fingerprint density at radius 2 is 1.90 bits per heavy atom. The van der Waals surface area contributed by atoms with Gasteiger partial charge in [0, 0.05) is 6.07 Å². The zero-order valence-electron chi connectivity index (χ0n) is 10.1. The molecule has 0 saturated heterocycles. The normalized spacial score (nSPS) is 10.4. The van der Waals surface area contributed by atoms with E-state index in [0.717, 1.165) is 0 Å². The third-order valence-corrected chi connectivity index (χ3v) is 3.39. The number of pyridine rings is 1. The van der Waals surface area contributed by atoms with Crippen LogP contribution < -0.4 is 4.74 Å². The zero-order valence-corrected chi connectivity index (χ0v) is 12.3. The van der Waals surface area contributed by atoms with Crippen LogP contribution in [0.3, 0.4) is 0 Å². The van der Waals surface area contributed by atoms with Gasteiger partial charge in [-0.1, -0.05) is 34.8 Å². The van der Waals surface area contributed by atoms with Crippen LogP contribution in [-0.4, -0.2) is 9.91 Å². The van der Waals surface area contributed by atoms with Gasteiger partial charge in [0.1, 0.15) is 10.8 Å². The summed E-state index contributed by atoms with van der Waals surface area (Å²) in [6.45, 7) is 1.74. The van der Waals surface area contributed by atoms with Gasteiger partial charge in [0.25, 0.3) is 5.69 Å². The van der Waals surface area contributed by atoms with Gasteiger partial charge in [-0.25, -0.2) is 0 Å². The first-order chi connectivity index (χ1) is 9.38. The van der Waals surface area contributed by atoms with E-state index in [1.54, 1.807) is 13.0 Å². The lowest BCUT2D eigenvalue weighted by atomic mass is 10.2. The highest BCUT2D eigenvalue weighted by molar-refractivity contribution is 6.42. The molecule has 2 aromatic rings. The first-order valence-corrected chi connectivity index (χ1v) is 6.46. The molecule has 0 N–H and O–H groups in total. The van der Waals surface area contributed by atoms with Gasteiger partial charge in [-0.15, -0.1) is 0 Å². The summed E-state index contributed by atoms with van der Waals surface area (Å²) in [5, 5.41) is 11.1. The number of aromatic nitrogens is 1. The van der Waals surface area contributed by atoms with E-state index >= 15 is 0 Å². The van der Waals surface area contributed by atoms with Crippen molar-refractivity contribution in [2.24, 2.45) is 0 Å². The Balaban J connectivity index is 2.42. The van der Waals surface area contributed by atoms with E-state index in [9.17, 15) is 10.1 Å². The van der Waals surface area contributed by atoms with Crippen LogP contribution in [0.5, 0.6) is 11.6 Å². The Morgan fingerprint density at radius 1 is 1.20 bits per heavy atom. The summed E-state index contributed by atoms with van der Waals surface area (Å²) < 4.78 is 5.48. The Morgan fingerprint density at radius 3 is 2.55 bits per heavy atom. The fraction of sp³-hybridized carbons (Fsp3) is 0.0833. The molecule has 0 fully saturated rings. The van der Waals surface area contributed by atoms with Crippen molar-refractivity contribution in [1.82, 2.24) is 4.98 Å². The van der Waals surface area contributed by atoms with Gasteiger partial charge in [-0.05, 0) is 24.6 Å². The molecule has 5 nitrogen and oxygen atoms in total. The van der Waals surface area contributed by atoms with Crippen molar-refractivity contribution in [2.45, 2.75) is 6.92 Å². The molecule has 104 valence electrons. The van der Waals surface area contributed by atoms with Crippen LogP contribution >= 0.6 is 34.8 Å². The van der Waals surface area contributed by atoms with Gasteiger partial charge in [0.2, 0.25) is 5.88 Å². The fourth-order valence-electron chi connectivity index (χ4n) is 1.42. The van der Waals surface area contributed by atoms with Crippen LogP contribution in [-0.2, 0) is 0 Å². The van der Waals surface area contributed by atoms with Crippen molar-refractivity contribution in [3.05, 3.63) is 55.1 Å². The largest absolute Gasteiger partial charge is 0.437 e. The monoisotopic (exact) mass is 332 g/mol. The van der Waals surface area contributed by atoms with Crippen molar-refractivity contribution < 1.29 is 9.66 Å². The van der Waals surface area contributed by atoms with Crippen LogP contribution in [0.25, 0.3) is 0 Å². The van der Waals surface area contributed by atoms with Crippen LogP contribution in [0.15, 0.2) is 24.3 Å². The average Bonchev–Trinajstić information content (AvgIpc) is 2.38. The number of halogens is 3. The minimum Gasteiger partial charge on any atom is -0.437 e. The average molecular weight is 334 g/mol. The molecular formula is C12H7Cl3N2O3. The number of hydrogen-bond donors (Lipinski definition) is 0. The quantitative estimate of drug-likeness (QED) is 0.448. The first-order valence-electron chi connectivity index (χ1n) is 5.33. The molecule has 0 aliphatic heterocycles. The van der Waals surface area contributed by atoms with E-state index in [4.69, 9.17) is 39.5 Å². The molecule has 0 radical (unpaired) electrons. The van der Waals surface area contributed by atoms with E-state index < -0.39 is 4.92 Å². The summed E-state index contributed by atoms with van der Waals surface area (Å²) >= 11 is 17.5. The molecule has 0 aliphatic rings. The molecule has 20 heavy (non-hydrogen) atoms. The maximum absolute atomic E-state index is 10.8. The van der Waals surface area contributed by atoms with E-state index in [2.05, 4.69) is 4.98 Å². The third kappa shape index (κ3) is 3.12. The lowest BCUT2D eigenvalue weighted by Crippen LogP contribution is -1.94. The molecule has 0 amide bonds. The minimum absolute atomic E-state index is 0.0321. The van der Waals surface area contributed by atoms with Crippen molar-refractivity contribution in [1.29, 1.82) is 0 Å². The number of nitro benzene ring substituents is 1. The minimum atomic E-state index is -0.518.